The third-order valence-electron chi connectivity index (χ3n) is 1.65. The molecule has 2 heteroatoms. The third kappa shape index (κ3) is 10.7. The summed E-state index contributed by atoms with van der Waals surface area (Å²) >= 11 is 6.29. The van der Waals surface area contributed by atoms with Gasteiger partial charge >= 0.3 is 0 Å². The van der Waals surface area contributed by atoms with Crippen molar-refractivity contribution in [3.63, 3.8) is 0 Å². The highest BCUT2D eigenvalue weighted by molar-refractivity contribution is 7.99. The van der Waals surface area contributed by atoms with Gasteiger partial charge in [-0.2, -0.15) is 24.4 Å². The van der Waals surface area contributed by atoms with Gasteiger partial charge in [-0.25, -0.2) is 0 Å². The lowest BCUT2D eigenvalue weighted by atomic mass is 10.2. The van der Waals surface area contributed by atoms with Crippen molar-refractivity contribution in [2.24, 2.45) is 5.92 Å². The molecule has 0 aromatic carbocycles. The van der Waals surface area contributed by atoms with Gasteiger partial charge in [-0.1, -0.05) is 26.7 Å². The number of thiol groups is 1. The highest BCUT2D eigenvalue weighted by Crippen LogP contribution is 2.11. The summed E-state index contributed by atoms with van der Waals surface area (Å²) in [7, 11) is 0. The van der Waals surface area contributed by atoms with Crippen LogP contribution in [-0.2, 0) is 0 Å². The van der Waals surface area contributed by atoms with E-state index < -0.39 is 0 Å². The Bertz CT molecular complexity index is 81.9. The molecule has 0 aliphatic rings. The van der Waals surface area contributed by atoms with Crippen LogP contribution in [0.25, 0.3) is 0 Å². The summed E-state index contributed by atoms with van der Waals surface area (Å²) in [4.78, 5) is 0. The van der Waals surface area contributed by atoms with E-state index in [4.69, 9.17) is 0 Å². The molecule has 0 bridgehead atoms. The Kier molecular flexibility index (Phi) is 10.4. The van der Waals surface area contributed by atoms with Gasteiger partial charge < -0.3 is 0 Å². The Balaban J connectivity index is 2.82. The van der Waals surface area contributed by atoms with Gasteiger partial charge in [0.15, 0.2) is 0 Å². The highest BCUT2D eigenvalue weighted by atomic mass is 32.2. The fourth-order valence-electron chi connectivity index (χ4n) is 0.989. The maximum atomic E-state index is 4.19. The second-order valence-corrected chi connectivity index (χ2v) is 5.20. The van der Waals surface area contributed by atoms with Crippen LogP contribution in [0.4, 0.5) is 0 Å². The van der Waals surface area contributed by atoms with Crippen LogP contribution in [0.3, 0.4) is 0 Å². The fraction of sp³-hybridized carbons (Fsp3) is 1.00. The molecule has 0 radical (unpaired) electrons. The van der Waals surface area contributed by atoms with Crippen molar-refractivity contribution < 1.29 is 0 Å². The van der Waals surface area contributed by atoms with Crippen LogP contribution in [0.1, 0.15) is 39.5 Å². The average Bonchev–Trinajstić information content (AvgIpc) is 2.02. The zero-order valence-corrected chi connectivity index (χ0v) is 10.1. The number of thioether (sulfide) groups is 1. The van der Waals surface area contributed by atoms with Crippen molar-refractivity contribution >= 4 is 24.4 Å². The van der Waals surface area contributed by atoms with Crippen LogP contribution in [0.2, 0.25) is 0 Å². The molecule has 0 atom stereocenters. The van der Waals surface area contributed by atoms with Gasteiger partial charge in [0.1, 0.15) is 0 Å². The molecule has 0 unspecified atom stereocenters. The van der Waals surface area contributed by atoms with Gasteiger partial charge in [0, 0.05) is 0 Å². The second kappa shape index (κ2) is 9.79. The number of hydrogen-bond donors (Lipinski definition) is 1. The number of hydrogen-bond acceptors (Lipinski definition) is 2. The van der Waals surface area contributed by atoms with E-state index in [2.05, 4.69) is 38.2 Å². The molecule has 0 saturated carbocycles. The van der Waals surface area contributed by atoms with E-state index in [0.717, 1.165) is 11.7 Å². The molecular formula is C10H22S2. The van der Waals surface area contributed by atoms with Gasteiger partial charge in [-0.05, 0) is 36.0 Å². The molecule has 0 aliphatic carbocycles. The molecule has 0 amide bonds. The molecule has 0 saturated heterocycles. The van der Waals surface area contributed by atoms with Crippen LogP contribution in [0.5, 0.6) is 0 Å². The lowest BCUT2D eigenvalue weighted by molar-refractivity contribution is 0.709. The first kappa shape index (κ1) is 12.7. The molecule has 0 N–H and O–H groups in total. The molecule has 0 nitrogen and oxygen atoms in total. The molecule has 0 aromatic rings. The highest BCUT2D eigenvalue weighted by Gasteiger charge is 1.94. The van der Waals surface area contributed by atoms with Gasteiger partial charge in [0.25, 0.3) is 0 Å². The summed E-state index contributed by atoms with van der Waals surface area (Å²) in [6, 6.07) is 0. The monoisotopic (exact) mass is 206 g/mol. The Hall–Kier alpha value is 0.700. The molecule has 0 fully saturated rings. The summed E-state index contributed by atoms with van der Waals surface area (Å²) in [5.74, 6) is 4.59. The second-order valence-electron chi connectivity index (χ2n) is 3.61. The molecule has 12 heavy (non-hydrogen) atoms. The maximum absolute atomic E-state index is 4.19. The Labute approximate surface area is 87.3 Å². The fourth-order valence-corrected chi connectivity index (χ4v) is 2.26. The van der Waals surface area contributed by atoms with Crippen LogP contribution < -0.4 is 0 Å². The smallest absolute Gasteiger partial charge is 0.00444 e. The van der Waals surface area contributed by atoms with Crippen molar-refractivity contribution in [2.75, 3.05) is 17.3 Å². The molecule has 0 aromatic heterocycles. The van der Waals surface area contributed by atoms with Gasteiger partial charge in [-0.3, -0.25) is 0 Å². The average molecular weight is 206 g/mol. The van der Waals surface area contributed by atoms with Crippen molar-refractivity contribution in [2.45, 2.75) is 39.5 Å². The first-order chi connectivity index (χ1) is 5.77. The van der Waals surface area contributed by atoms with E-state index in [-0.39, 0.29) is 0 Å². The predicted molar refractivity (Wildman–Crippen MR) is 64.5 cm³/mol. The molecule has 0 spiro atoms. The standard InChI is InChI=1S/C10H22S2/c1-10(2)9-12-8-6-4-3-5-7-11/h10-11H,3-9H2,1-2H3. The Morgan fingerprint density at radius 3 is 2.33 bits per heavy atom. The predicted octanol–water partition coefficient (Wildman–Crippen LogP) is 3.87. The Morgan fingerprint density at radius 2 is 1.75 bits per heavy atom. The van der Waals surface area contributed by atoms with E-state index >= 15 is 0 Å². The van der Waals surface area contributed by atoms with E-state index in [1.165, 1.54) is 37.2 Å². The minimum Gasteiger partial charge on any atom is -0.179 e. The summed E-state index contributed by atoms with van der Waals surface area (Å²) in [5.41, 5.74) is 0. The third-order valence-corrected chi connectivity index (χ3v) is 3.44. The largest absolute Gasteiger partial charge is 0.179 e. The van der Waals surface area contributed by atoms with Crippen LogP contribution in [0, 0.1) is 5.92 Å². The van der Waals surface area contributed by atoms with Crippen molar-refractivity contribution in [3.8, 4) is 0 Å². The molecule has 0 aliphatic heterocycles. The summed E-state index contributed by atoms with van der Waals surface area (Å²) in [6.45, 7) is 4.57. The maximum Gasteiger partial charge on any atom is -0.00444 e. The number of unbranched alkanes of at least 4 members (excludes halogenated alkanes) is 3. The molecule has 0 rings (SSSR count). The zero-order valence-electron chi connectivity index (χ0n) is 8.38. The quantitative estimate of drug-likeness (QED) is 0.465. The first-order valence-electron chi connectivity index (χ1n) is 4.96. The van der Waals surface area contributed by atoms with E-state index in [9.17, 15) is 0 Å². The summed E-state index contributed by atoms with van der Waals surface area (Å²) < 4.78 is 0. The lowest BCUT2D eigenvalue weighted by Gasteiger charge is -2.03. The zero-order chi connectivity index (χ0) is 9.23. The molecule has 74 valence electrons. The first-order valence-corrected chi connectivity index (χ1v) is 6.74. The van der Waals surface area contributed by atoms with E-state index in [0.29, 0.717) is 0 Å². The normalized spacial score (nSPS) is 11.0. The molecular weight excluding hydrogens is 184 g/mol. The summed E-state index contributed by atoms with van der Waals surface area (Å²) in [6.07, 6.45) is 5.44. The van der Waals surface area contributed by atoms with Crippen molar-refractivity contribution in [3.05, 3.63) is 0 Å². The van der Waals surface area contributed by atoms with Crippen LogP contribution in [-0.4, -0.2) is 17.3 Å². The van der Waals surface area contributed by atoms with Crippen LogP contribution >= 0.6 is 24.4 Å². The van der Waals surface area contributed by atoms with Gasteiger partial charge in [0.2, 0.25) is 0 Å². The van der Waals surface area contributed by atoms with Crippen LogP contribution in [0.15, 0.2) is 0 Å². The lowest BCUT2D eigenvalue weighted by Crippen LogP contribution is -1.92. The Morgan fingerprint density at radius 1 is 1.08 bits per heavy atom. The minimum atomic E-state index is 0.854. The summed E-state index contributed by atoms with van der Waals surface area (Å²) in [5, 5.41) is 0. The SMILES string of the molecule is CC(C)CSCCCCCCS. The topological polar surface area (TPSA) is 0 Å². The van der Waals surface area contributed by atoms with E-state index in [1.807, 2.05) is 0 Å². The number of rotatable bonds is 8. The van der Waals surface area contributed by atoms with Gasteiger partial charge in [0.05, 0.1) is 0 Å². The van der Waals surface area contributed by atoms with Crippen molar-refractivity contribution in [1.29, 1.82) is 0 Å². The molecule has 0 heterocycles. The van der Waals surface area contributed by atoms with E-state index in [1.54, 1.807) is 0 Å². The minimum absolute atomic E-state index is 0.854. The van der Waals surface area contributed by atoms with Crippen molar-refractivity contribution in [1.82, 2.24) is 0 Å². The van der Waals surface area contributed by atoms with Gasteiger partial charge in [-0.15, -0.1) is 0 Å².